The van der Waals surface area contributed by atoms with Crippen LogP contribution in [-0.4, -0.2) is 43.5 Å². The van der Waals surface area contributed by atoms with Gasteiger partial charge in [-0.15, -0.1) is 0 Å². The van der Waals surface area contributed by atoms with Crippen molar-refractivity contribution in [2.45, 2.75) is 18.9 Å². The van der Waals surface area contributed by atoms with Crippen molar-refractivity contribution >= 4 is 11.6 Å². The second kappa shape index (κ2) is 6.63. The predicted molar refractivity (Wildman–Crippen MR) is 73.6 cm³/mol. The van der Waals surface area contributed by atoms with Gasteiger partial charge in [0.15, 0.2) is 0 Å². The summed E-state index contributed by atoms with van der Waals surface area (Å²) in [5.74, 6) is -0.465. The van der Waals surface area contributed by atoms with Gasteiger partial charge in [0.25, 0.3) is 0 Å². The molecule has 0 bridgehead atoms. The molecule has 1 aromatic rings. The summed E-state index contributed by atoms with van der Waals surface area (Å²) < 4.78 is 13.0. The predicted octanol–water partition coefficient (Wildman–Crippen LogP) is 1.45. The van der Waals surface area contributed by atoms with Crippen molar-refractivity contribution in [1.29, 1.82) is 0 Å². The highest BCUT2D eigenvalue weighted by atomic mass is 19.1. The minimum absolute atomic E-state index is 0.119. The van der Waals surface area contributed by atoms with E-state index in [1.165, 1.54) is 18.6 Å². The van der Waals surface area contributed by atoms with Crippen molar-refractivity contribution in [3.8, 4) is 0 Å². The monoisotopic (exact) mass is 265 g/mol. The van der Waals surface area contributed by atoms with Crippen LogP contribution >= 0.6 is 0 Å². The number of anilines is 1. The van der Waals surface area contributed by atoms with E-state index in [1.54, 1.807) is 12.1 Å². The number of nitrogens with one attached hydrogen (secondary N) is 2. The van der Waals surface area contributed by atoms with Crippen LogP contribution in [0.25, 0.3) is 0 Å². The average Bonchev–Trinajstić information content (AvgIpc) is 2.81. The lowest BCUT2D eigenvalue weighted by Gasteiger charge is -2.20. The highest BCUT2D eigenvalue weighted by Crippen LogP contribution is 2.09. The molecular formula is C14H20FN3O. The first-order valence-corrected chi connectivity index (χ1v) is 6.61. The normalized spacial score (nSPS) is 18.8. The fourth-order valence-corrected chi connectivity index (χ4v) is 2.37. The number of benzene rings is 1. The third kappa shape index (κ3) is 4.61. The molecule has 1 aliphatic rings. The van der Waals surface area contributed by atoms with Crippen LogP contribution < -0.4 is 10.6 Å². The maximum atomic E-state index is 13.0. The molecular weight excluding hydrogens is 245 g/mol. The lowest BCUT2D eigenvalue weighted by Crippen LogP contribution is -2.39. The zero-order chi connectivity index (χ0) is 13.7. The minimum atomic E-state index is -0.346. The molecule has 5 heteroatoms. The molecule has 1 amide bonds. The van der Waals surface area contributed by atoms with Gasteiger partial charge in [-0.3, -0.25) is 9.69 Å². The van der Waals surface area contributed by atoms with Crippen molar-refractivity contribution in [3.05, 3.63) is 30.1 Å². The zero-order valence-electron chi connectivity index (χ0n) is 11.2. The fourth-order valence-electron chi connectivity index (χ4n) is 2.37. The second-order valence-corrected chi connectivity index (χ2v) is 5.05. The summed E-state index contributed by atoms with van der Waals surface area (Å²) in [6.45, 7) is 2.24. The van der Waals surface area contributed by atoms with Gasteiger partial charge in [-0.05, 0) is 44.6 Å². The van der Waals surface area contributed by atoms with Crippen molar-refractivity contribution in [2.75, 3.05) is 32.0 Å². The lowest BCUT2D eigenvalue weighted by molar-refractivity contribution is -0.117. The van der Waals surface area contributed by atoms with Crippen LogP contribution in [0.4, 0.5) is 10.1 Å². The SMILES string of the molecule is CN(CC(=O)Nc1cccc(F)c1)CC1CCCN1. The smallest absolute Gasteiger partial charge is 0.238 e. The number of halogens is 1. The Labute approximate surface area is 113 Å². The van der Waals surface area contributed by atoms with Gasteiger partial charge in [0.1, 0.15) is 5.82 Å². The third-order valence-electron chi connectivity index (χ3n) is 3.22. The Morgan fingerprint density at radius 2 is 2.42 bits per heavy atom. The molecule has 1 aromatic carbocycles. The maximum Gasteiger partial charge on any atom is 0.238 e. The van der Waals surface area contributed by atoms with E-state index in [0.29, 0.717) is 18.3 Å². The Hall–Kier alpha value is -1.46. The van der Waals surface area contributed by atoms with E-state index in [0.717, 1.165) is 19.5 Å². The molecule has 0 aromatic heterocycles. The van der Waals surface area contributed by atoms with E-state index in [2.05, 4.69) is 10.6 Å². The van der Waals surface area contributed by atoms with Gasteiger partial charge in [0.2, 0.25) is 5.91 Å². The first-order chi connectivity index (χ1) is 9.13. The molecule has 2 N–H and O–H groups in total. The molecule has 104 valence electrons. The van der Waals surface area contributed by atoms with E-state index in [9.17, 15) is 9.18 Å². The largest absolute Gasteiger partial charge is 0.325 e. The summed E-state index contributed by atoms with van der Waals surface area (Å²) in [6.07, 6.45) is 2.36. The van der Waals surface area contributed by atoms with E-state index >= 15 is 0 Å². The minimum Gasteiger partial charge on any atom is -0.325 e. The van der Waals surface area contributed by atoms with Crippen LogP contribution in [0.1, 0.15) is 12.8 Å². The van der Waals surface area contributed by atoms with E-state index in [-0.39, 0.29) is 11.7 Å². The fraction of sp³-hybridized carbons (Fsp3) is 0.500. The molecule has 1 atom stereocenters. The summed E-state index contributed by atoms with van der Waals surface area (Å²) in [7, 11) is 1.92. The number of rotatable bonds is 5. The van der Waals surface area contributed by atoms with Gasteiger partial charge in [-0.2, -0.15) is 0 Å². The van der Waals surface area contributed by atoms with Gasteiger partial charge in [0.05, 0.1) is 6.54 Å². The standard InChI is InChI=1S/C14H20FN3O/c1-18(9-13-6-3-7-16-13)10-14(19)17-12-5-2-4-11(15)8-12/h2,4-5,8,13,16H,3,6-7,9-10H2,1H3,(H,17,19). The second-order valence-electron chi connectivity index (χ2n) is 5.05. The molecule has 1 unspecified atom stereocenters. The Kier molecular flexibility index (Phi) is 4.87. The van der Waals surface area contributed by atoms with Crippen molar-refractivity contribution in [1.82, 2.24) is 10.2 Å². The summed E-state index contributed by atoms with van der Waals surface area (Å²) in [5, 5.41) is 6.09. The summed E-state index contributed by atoms with van der Waals surface area (Å²) in [4.78, 5) is 13.8. The van der Waals surface area contributed by atoms with Crippen molar-refractivity contribution in [3.63, 3.8) is 0 Å². The maximum absolute atomic E-state index is 13.0. The molecule has 19 heavy (non-hydrogen) atoms. The Morgan fingerprint density at radius 3 is 3.11 bits per heavy atom. The number of hydrogen-bond acceptors (Lipinski definition) is 3. The van der Waals surface area contributed by atoms with Crippen LogP contribution in [0.3, 0.4) is 0 Å². The van der Waals surface area contributed by atoms with Crippen LogP contribution in [0.2, 0.25) is 0 Å². The molecule has 0 saturated carbocycles. The van der Waals surface area contributed by atoms with Gasteiger partial charge in [-0.25, -0.2) is 4.39 Å². The molecule has 2 rings (SSSR count). The molecule has 1 saturated heterocycles. The lowest BCUT2D eigenvalue weighted by atomic mass is 10.2. The van der Waals surface area contributed by atoms with Crippen LogP contribution in [-0.2, 0) is 4.79 Å². The Bertz CT molecular complexity index is 432. The summed E-state index contributed by atoms with van der Waals surface area (Å²) in [6, 6.07) is 6.41. The first kappa shape index (κ1) is 14.0. The van der Waals surface area contributed by atoms with Crippen molar-refractivity contribution in [2.24, 2.45) is 0 Å². The quantitative estimate of drug-likeness (QED) is 0.847. The molecule has 4 nitrogen and oxygen atoms in total. The molecule has 1 heterocycles. The highest BCUT2D eigenvalue weighted by molar-refractivity contribution is 5.92. The van der Waals surface area contributed by atoms with Gasteiger partial charge < -0.3 is 10.6 Å². The zero-order valence-corrected chi connectivity index (χ0v) is 11.2. The van der Waals surface area contributed by atoms with Gasteiger partial charge in [0, 0.05) is 18.3 Å². The number of likely N-dealkylation sites (N-methyl/N-ethyl adjacent to an activating group) is 1. The summed E-state index contributed by atoms with van der Waals surface area (Å²) >= 11 is 0. The van der Waals surface area contributed by atoms with Crippen LogP contribution in [0.5, 0.6) is 0 Å². The van der Waals surface area contributed by atoms with E-state index in [1.807, 2.05) is 11.9 Å². The Morgan fingerprint density at radius 1 is 1.58 bits per heavy atom. The van der Waals surface area contributed by atoms with Gasteiger partial charge in [-0.1, -0.05) is 6.07 Å². The topological polar surface area (TPSA) is 44.4 Å². The molecule has 0 aliphatic carbocycles. The number of hydrogen-bond donors (Lipinski definition) is 2. The number of carbonyl (C=O) groups is 1. The number of carbonyl (C=O) groups excluding carboxylic acids is 1. The van der Waals surface area contributed by atoms with Crippen LogP contribution in [0.15, 0.2) is 24.3 Å². The molecule has 1 aliphatic heterocycles. The van der Waals surface area contributed by atoms with Gasteiger partial charge >= 0.3 is 0 Å². The van der Waals surface area contributed by atoms with E-state index < -0.39 is 0 Å². The van der Waals surface area contributed by atoms with Crippen molar-refractivity contribution < 1.29 is 9.18 Å². The highest BCUT2D eigenvalue weighted by Gasteiger charge is 2.17. The average molecular weight is 265 g/mol. The Balaban J connectivity index is 1.77. The van der Waals surface area contributed by atoms with E-state index in [4.69, 9.17) is 0 Å². The molecule has 0 radical (unpaired) electrons. The van der Waals surface area contributed by atoms with Crippen LogP contribution in [0, 0.1) is 5.82 Å². The number of nitrogens with zero attached hydrogens (tertiary/aromatic N) is 1. The first-order valence-electron chi connectivity index (χ1n) is 6.61. The molecule has 1 fully saturated rings. The third-order valence-corrected chi connectivity index (χ3v) is 3.22. The number of amides is 1. The molecule has 0 spiro atoms. The summed E-state index contributed by atoms with van der Waals surface area (Å²) in [5.41, 5.74) is 0.498.